The van der Waals surface area contributed by atoms with Crippen LogP contribution in [0.1, 0.15) is 22.5 Å². The van der Waals surface area contributed by atoms with Gasteiger partial charge < -0.3 is 5.73 Å². The van der Waals surface area contributed by atoms with E-state index in [9.17, 15) is 9.18 Å². The summed E-state index contributed by atoms with van der Waals surface area (Å²) < 4.78 is 15.7. The Hall–Kier alpha value is -2.08. The third-order valence-corrected chi connectivity index (χ3v) is 3.24. The highest BCUT2D eigenvalue weighted by Crippen LogP contribution is 2.14. The summed E-state index contributed by atoms with van der Waals surface area (Å²) in [6.45, 7) is 3.62. The molecular formula is C14H14FN3OS. The molecule has 0 radical (unpaired) electrons. The molecule has 0 atom stereocenters. The molecule has 0 aliphatic carbocycles. The third kappa shape index (κ3) is 2.75. The highest BCUT2D eigenvalue weighted by molar-refractivity contribution is 7.80. The second kappa shape index (κ2) is 5.50. The highest BCUT2D eigenvalue weighted by Gasteiger charge is 2.12. The van der Waals surface area contributed by atoms with Crippen LogP contribution in [-0.4, -0.2) is 14.5 Å². The minimum Gasteiger partial charge on any atom is -0.389 e. The van der Waals surface area contributed by atoms with Gasteiger partial charge in [-0.05, 0) is 26.0 Å². The summed E-state index contributed by atoms with van der Waals surface area (Å²) in [4.78, 5) is 15.7. The van der Waals surface area contributed by atoms with Crippen molar-refractivity contribution < 1.29 is 4.39 Å². The molecule has 0 fully saturated rings. The molecule has 2 aromatic rings. The van der Waals surface area contributed by atoms with Gasteiger partial charge in [-0.15, -0.1) is 0 Å². The highest BCUT2D eigenvalue weighted by atomic mass is 32.1. The van der Waals surface area contributed by atoms with Crippen LogP contribution >= 0.6 is 12.2 Å². The van der Waals surface area contributed by atoms with Gasteiger partial charge in [0.25, 0.3) is 0 Å². The van der Waals surface area contributed by atoms with Crippen molar-refractivity contribution in [1.29, 1.82) is 0 Å². The Kier molecular flexibility index (Phi) is 3.94. The van der Waals surface area contributed by atoms with Gasteiger partial charge in [0.2, 0.25) is 0 Å². The molecule has 2 rings (SSSR count). The van der Waals surface area contributed by atoms with E-state index in [-0.39, 0.29) is 17.1 Å². The number of halogens is 1. The summed E-state index contributed by atoms with van der Waals surface area (Å²) in [5.74, 6) is -0.494. The average Bonchev–Trinajstić information content (AvgIpc) is 2.35. The molecule has 0 aliphatic rings. The fourth-order valence-electron chi connectivity index (χ4n) is 2.03. The number of hydrogen-bond donors (Lipinski definition) is 1. The standard InChI is InChI=1S/C14H14FN3OS/c1-8-6-9(2)18(14(19)17-8)7-10-4-3-5-11(12(10)15)13(16)20/h3-6H,7H2,1-2H3,(H2,16,20). The first-order chi connectivity index (χ1) is 9.40. The number of hydrogen-bond acceptors (Lipinski definition) is 3. The Bertz CT molecular complexity index is 740. The van der Waals surface area contributed by atoms with E-state index in [1.807, 2.05) is 0 Å². The van der Waals surface area contributed by atoms with Crippen molar-refractivity contribution in [3.05, 3.63) is 63.1 Å². The number of aryl methyl sites for hydroxylation is 2. The average molecular weight is 291 g/mol. The van der Waals surface area contributed by atoms with Crippen molar-refractivity contribution in [2.75, 3.05) is 0 Å². The summed E-state index contributed by atoms with van der Waals surface area (Å²) in [7, 11) is 0. The molecule has 1 heterocycles. The fourth-order valence-corrected chi connectivity index (χ4v) is 2.19. The first-order valence-electron chi connectivity index (χ1n) is 6.02. The summed E-state index contributed by atoms with van der Waals surface area (Å²) in [6.07, 6.45) is 0. The van der Waals surface area contributed by atoms with Gasteiger partial charge in [0.05, 0.1) is 6.54 Å². The van der Waals surface area contributed by atoms with Gasteiger partial charge in [-0.1, -0.05) is 24.4 Å². The zero-order chi connectivity index (χ0) is 14.9. The Morgan fingerprint density at radius 3 is 2.75 bits per heavy atom. The predicted molar refractivity (Wildman–Crippen MR) is 79.4 cm³/mol. The molecule has 20 heavy (non-hydrogen) atoms. The van der Waals surface area contributed by atoms with Crippen LogP contribution in [-0.2, 0) is 6.54 Å². The molecule has 6 heteroatoms. The van der Waals surface area contributed by atoms with Crippen LogP contribution in [0.25, 0.3) is 0 Å². The van der Waals surface area contributed by atoms with Gasteiger partial charge in [-0.3, -0.25) is 4.57 Å². The quantitative estimate of drug-likeness (QED) is 0.874. The molecule has 0 unspecified atom stereocenters. The molecule has 1 aromatic heterocycles. The lowest BCUT2D eigenvalue weighted by molar-refractivity contribution is 0.587. The summed E-state index contributed by atoms with van der Waals surface area (Å²) in [5, 5.41) is 0. The van der Waals surface area contributed by atoms with Gasteiger partial charge in [0.15, 0.2) is 0 Å². The summed E-state index contributed by atoms with van der Waals surface area (Å²) in [5.41, 5.74) is 6.97. The smallest absolute Gasteiger partial charge is 0.348 e. The van der Waals surface area contributed by atoms with Crippen molar-refractivity contribution in [2.45, 2.75) is 20.4 Å². The lowest BCUT2D eigenvalue weighted by Gasteiger charge is -2.12. The van der Waals surface area contributed by atoms with Gasteiger partial charge >= 0.3 is 5.69 Å². The normalized spacial score (nSPS) is 10.6. The van der Waals surface area contributed by atoms with Crippen LogP contribution in [0, 0.1) is 19.7 Å². The van der Waals surface area contributed by atoms with E-state index in [4.69, 9.17) is 18.0 Å². The minimum atomic E-state index is -0.494. The number of benzene rings is 1. The van der Waals surface area contributed by atoms with Crippen LogP contribution in [0.4, 0.5) is 4.39 Å². The van der Waals surface area contributed by atoms with Crippen LogP contribution in [0.2, 0.25) is 0 Å². The zero-order valence-electron chi connectivity index (χ0n) is 11.2. The Balaban J connectivity index is 2.49. The van der Waals surface area contributed by atoms with Gasteiger partial charge in [-0.2, -0.15) is 4.98 Å². The SMILES string of the molecule is Cc1cc(C)n(Cc2cccc(C(N)=S)c2F)c(=O)n1. The van der Waals surface area contributed by atoms with Crippen molar-refractivity contribution >= 4 is 17.2 Å². The molecule has 0 amide bonds. The van der Waals surface area contributed by atoms with E-state index in [1.54, 1.807) is 32.0 Å². The van der Waals surface area contributed by atoms with Crippen LogP contribution in [0.3, 0.4) is 0 Å². The molecule has 0 saturated carbocycles. The first kappa shape index (κ1) is 14.3. The van der Waals surface area contributed by atoms with E-state index in [0.717, 1.165) is 5.69 Å². The first-order valence-corrected chi connectivity index (χ1v) is 6.43. The van der Waals surface area contributed by atoms with Crippen LogP contribution in [0.5, 0.6) is 0 Å². The topological polar surface area (TPSA) is 60.9 Å². The molecule has 0 saturated heterocycles. The maximum atomic E-state index is 14.2. The number of thiocarbonyl (C=S) groups is 1. The van der Waals surface area contributed by atoms with Crippen molar-refractivity contribution in [3.63, 3.8) is 0 Å². The second-order valence-corrected chi connectivity index (χ2v) is 4.99. The lowest BCUT2D eigenvalue weighted by Crippen LogP contribution is -2.26. The lowest BCUT2D eigenvalue weighted by atomic mass is 10.1. The number of nitrogens with two attached hydrogens (primary N) is 1. The van der Waals surface area contributed by atoms with E-state index in [1.165, 1.54) is 10.6 Å². The number of rotatable bonds is 3. The summed E-state index contributed by atoms with van der Waals surface area (Å²) >= 11 is 4.80. The third-order valence-electron chi connectivity index (χ3n) is 3.02. The monoisotopic (exact) mass is 291 g/mol. The van der Waals surface area contributed by atoms with Gasteiger partial charge in [-0.25, -0.2) is 9.18 Å². The van der Waals surface area contributed by atoms with E-state index >= 15 is 0 Å². The second-order valence-electron chi connectivity index (χ2n) is 4.55. The van der Waals surface area contributed by atoms with Crippen LogP contribution < -0.4 is 11.4 Å². The Labute approximate surface area is 121 Å². The molecule has 0 bridgehead atoms. The molecule has 0 aliphatic heterocycles. The summed E-state index contributed by atoms with van der Waals surface area (Å²) in [6, 6.07) is 6.55. The molecule has 1 aromatic carbocycles. The maximum Gasteiger partial charge on any atom is 0.348 e. The van der Waals surface area contributed by atoms with Crippen LogP contribution in [0.15, 0.2) is 29.1 Å². The molecule has 4 nitrogen and oxygen atoms in total. The Morgan fingerprint density at radius 1 is 1.45 bits per heavy atom. The minimum absolute atomic E-state index is 0.00421. The largest absolute Gasteiger partial charge is 0.389 e. The number of aromatic nitrogens is 2. The van der Waals surface area contributed by atoms with Crippen molar-refractivity contribution in [1.82, 2.24) is 9.55 Å². The van der Waals surface area contributed by atoms with Crippen molar-refractivity contribution in [2.24, 2.45) is 5.73 Å². The molecule has 104 valence electrons. The van der Waals surface area contributed by atoms with Crippen molar-refractivity contribution in [3.8, 4) is 0 Å². The molecule has 0 spiro atoms. The Morgan fingerprint density at radius 2 is 2.15 bits per heavy atom. The molecule has 2 N–H and O–H groups in total. The predicted octanol–water partition coefficient (Wildman–Crippen LogP) is 1.68. The zero-order valence-corrected chi connectivity index (χ0v) is 12.0. The fraction of sp³-hybridized carbons (Fsp3) is 0.214. The maximum absolute atomic E-state index is 14.2. The number of nitrogens with zero attached hydrogens (tertiary/aromatic N) is 2. The van der Waals surface area contributed by atoms with E-state index in [2.05, 4.69) is 4.98 Å². The van der Waals surface area contributed by atoms with E-state index in [0.29, 0.717) is 11.3 Å². The van der Waals surface area contributed by atoms with Gasteiger partial charge in [0.1, 0.15) is 10.8 Å². The molecular weight excluding hydrogens is 277 g/mol. The van der Waals surface area contributed by atoms with E-state index < -0.39 is 11.5 Å². The van der Waals surface area contributed by atoms with Gasteiger partial charge in [0, 0.05) is 22.5 Å².